The topological polar surface area (TPSA) is 56.7 Å². The van der Waals surface area contributed by atoms with Crippen LogP contribution in [0.5, 0.6) is 0 Å². The molecule has 1 aromatic heterocycles. The molecule has 4 heteroatoms. The quantitative estimate of drug-likeness (QED) is 0.842. The van der Waals surface area contributed by atoms with Crippen molar-refractivity contribution in [3.8, 4) is 0 Å². The number of nitrogens with zero attached hydrogens (tertiary/aromatic N) is 3. The van der Waals surface area contributed by atoms with E-state index in [9.17, 15) is 0 Å². The Balaban J connectivity index is 0.00000211. The van der Waals surface area contributed by atoms with Gasteiger partial charge in [0.15, 0.2) is 0 Å². The molecule has 0 aliphatic carbocycles. The zero-order chi connectivity index (χ0) is 17.8. The summed E-state index contributed by atoms with van der Waals surface area (Å²) in [6.07, 6.45) is 4.05. The molecule has 0 saturated heterocycles. The maximum absolute atomic E-state index is 6.16. The second-order valence-corrected chi connectivity index (χ2v) is 8.51. The van der Waals surface area contributed by atoms with Crippen molar-refractivity contribution >= 4 is 0 Å². The molecule has 2 N–H and O–H groups in total. The fourth-order valence-corrected chi connectivity index (χ4v) is 3.19. The Morgan fingerprint density at radius 3 is 2.00 bits per heavy atom. The van der Waals surface area contributed by atoms with Crippen LogP contribution in [0.1, 0.15) is 87.8 Å². The van der Waals surface area contributed by atoms with E-state index in [0.29, 0.717) is 5.92 Å². The fourth-order valence-electron chi connectivity index (χ4n) is 3.19. The maximum atomic E-state index is 6.16. The van der Waals surface area contributed by atoms with E-state index in [2.05, 4.69) is 71.9 Å². The van der Waals surface area contributed by atoms with Crippen molar-refractivity contribution in [2.75, 3.05) is 0 Å². The van der Waals surface area contributed by atoms with Gasteiger partial charge < -0.3 is 5.73 Å². The molecule has 4 nitrogen and oxygen atoms in total. The zero-order valence-electron chi connectivity index (χ0n) is 16.5. The van der Waals surface area contributed by atoms with Gasteiger partial charge in [0, 0.05) is 17.2 Å². The molecule has 130 valence electrons. The molecule has 0 amide bonds. The van der Waals surface area contributed by atoms with Crippen molar-refractivity contribution < 1.29 is 0 Å². The largest absolute Gasteiger partial charge is 0.325 e. The minimum absolute atomic E-state index is 0.0563. The average molecular weight is 311 g/mol. The molecule has 1 rings (SSSR count). The second-order valence-electron chi connectivity index (χ2n) is 8.51. The minimum Gasteiger partial charge on any atom is -0.325 e. The molecule has 0 fully saturated rings. The summed E-state index contributed by atoms with van der Waals surface area (Å²) in [7, 11) is 0. The highest BCUT2D eigenvalue weighted by atomic mass is 15.4. The minimum atomic E-state index is -0.219. The first kappa shape index (κ1) is 21.1. The third kappa shape index (κ3) is 6.47. The van der Waals surface area contributed by atoms with E-state index in [1.807, 2.05) is 18.5 Å². The first-order chi connectivity index (χ1) is 9.83. The summed E-state index contributed by atoms with van der Waals surface area (Å²) in [4.78, 5) is 0. The molecule has 0 spiro atoms. The van der Waals surface area contributed by atoms with Crippen LogP contribution in [0.25, 0.3) is 0 Å². The number of hydrogen-bond acceptors (Lipinski definition) is 3. The number of hydrogen-bond donors (Lipinski definition) is 1. The van der Waals surface area contributed by atoms with Gasteiger partial charge in [-0.2, -0.15) is 0 Å². The number of rotatable bonds is 6. The molecular weight excluding hydrogens is 272 g/mol. The van der Waals surface area contributed by atoms with Gasteiger partial charge in [-0.15, -0.1) is 5.10 Å². The molecule has 0 aliphatic heterocycles. The summed E-state index contributed by atoms with van der Waals surface area (Å²) >= 11 is 0. The molecule has 0 aliphatic rings. The van der Waals surface area contributed by atoms with Crippen LogP contribution in [0, 0.1) is 5.92 Å². The molecular formula is C18H38N4. The standard InChI is InChI=1S/C16H32N4.C2H6/c1-12(2)9-14(3,4)13-10-20(19-18-13)16(7,8)11-15(5,6)17;1-2/h10,12H,9,11,17H2,1-8H3;1-2H3. The predicted molar refractivity (Wildman–Crippen MR) is 96.1 cm³/mol. The van der Waals surface area contributed by atoms with Crippen LogP contribution in [0.2, 0.25) is 0 Å². The van der Waals surface area contributed by atoms with Gasteiger partial charge in [0.1, 0.15) is 0 Å². The van der Waals surface area contributed by atoms with Crippen LogP contribution >= 0.6 is 0 Å². The van der Waals surface area contributed by atoms with Crippen LogP contribution in [-0.4, -0.2) is 20.5 Å². The van der Waals surface area contributed by atoms with Crippen LogP contribution in [-0.2, 0) is 11.0 Å². The Labute approximate surface area is 137 Å². The molecule has 0 atom stereocenters. The van der Waals surface area contributed by atoms with E-state index in [4.69, 9.17) is 5.73 Å². The van der Waals surface area contributed by atoms with Crippen molar-refractivity contribution in [3.63, 3.8) is 0 Å². The molecule has 0 bridgehead atoms. The lowest BCUT2D eigenvalue weighted by Crippen LogP contribution is -2.42. The molecule has 22 heavy (non-hydrogen) atoms. The Morgan fingerprint density at radius 2 is 1.59 bits per heavy atom. The second kappa shape index (κ2) is 7.58. The lowest BCUT2D eigenvalue weighted by molar-refractivity contribution is 0.233. The maximum Gasteiger partial charge on any atom is 0.0883 e. The van der Waals surface area contributed by atoms with E-state index in [-0.39, 0.29) is 16.5 Å². The van der Waals surface area contributed by atoms with Crippen molar-refractivity contribution in [2.24, 2.45) is 11.7 Å². The Morgan fingerprint density at radius 1 is 1.09 bits per heavy atom. The van der Waals surface area contributed by atoms with Crippen LogP contribution in [0.3, 0.4) is 0 Å². The van der Waals surface area contributed by atoms with Crippen molar-refractivity contribution in [1.82, 2.24) is 15.0 Å². The Kier molecular flexibility index (Phi) is 7.27. The zero-order valence-corrected chi connectivity index (χ0v) is 16.5. The van der Waals surface area contributed by atoms with Gasteiger partial charge in [0.05, 0.1) is 11.2 Å². The predicted octanol–water partition coefficient (Wildman–Crippen LogP) is 4.49. The molecule has 0 unspecified atom stereocenters. The van der Waals surface area contributed by atoms with Crippen molar-refractivity contribution in [3.05, 3.63) is 11.9 Å². The van der Waals surface area contributed by atoms with Gasteiger partial charge in [-0.1, -0.05) is 46.8 Å². The number of aromatic nitrogens is 3. The monoisotopic (exact) mass is 310 g/mol. The lowest BCUT2D eigenvalue weighted by Gasteiger charge is -2.32. The summed E-state index contributed by atoms with van der Waals surface area (Å²) in [6, 6.07) is 0. The van der Waals surface area contributed by atoms with E-state index >= 15 is 0 Å². The Bertz CT molecular complexity index is 436. The SMILES string of the molecule is CC.CC(C)CC(C)(C)c1cn(C(C)(C)CC(C)(C)N)nn1. The molecule has 0 saturated carbocycles. The summed E-state index contributed by atoms with van der Waals surface area (Å²) in [6.45, 7) is 21.4. The van der Waals surface area contributed by atoms with Gasteiger partial charge in [0.2, 0.25) is 0 Å². The lowest BCUT2D eigenvalue weighted by atomic mass is 9.81. The van der Waals surface area contributed by atoms with E-state index in [0.717, 1.165) is 18.5 Å². The highest BCUT2D eigenvalue weighted by Gasteiger charge is 2.31. The summed E-state index contributed by atoms with van der Waals surface area (Å²) < 4.78 is 1.97. The van der Waals surface area contributed by atoms with Crippen molar-refractivity contribution in [2.45, 2.75) is 98.6 Å². The van der Waals surface area contributed by atoms with Gasteiger partial charge in [0.25, 0.3) is 0 Å². The highest BCUT2D eigenvalue weighted by Crippen LogP contribution is 2.31. The van der Waals surface area contributed by atoms with Crippen LogP contribution < -0.4 is 5.73 Å². The third-order valence-corrected chi connectivity index (χ3v) is 3.61. The van der Waals surface area contributed by atoms with Crippen LogP contribution in [0.15, 0.2) is 6.20 Å². The molecule has 0 radical (unpaired) electrons. The van der Waals surface area contributed by atoms with E-state index in [1.54, 1.807) is 0 Å². The summed E-state index contributed by atoms with van der Waals surface area (Å²) in [5.41, 5.74) is 6.93. The average Bonchev–Trinajstić information content (AvgIpc) is 2.77. The molecule has 1 aromatic rings. The van der Waals surface area contributed by atoms with Gasteiger partial charge in [-0.3, -0.25) is 0 Å². The molecule has 1 heterocycles. The van der Waals surface area contributed by atoms with Gasteiger partial charge in [-0.05, 0) is 46.5 Å². The normalized spacial score (nSPS) is 13.1. The third-order valence-electron chi connectivity index (χ3n) is 3.61. The van der Waals surface area contributed by atoms with Gasteiger partial charge >= 0.3 is 0 Å². The first-order valence-corrected chi connectivity index (χ1v) is 8.56. The molecule has 0 aromatic carbocycles. The fraction of sp³-hybridized carbons (Fsp3) is 0.889. The Hall–Kier alpha value is -0.900. The van der Waals surface area contributed by atoms with Gasteiger partial charge in [-0.25, -0.2) is 4.68 Å². The summed E-state index contributed by atoms with van der Waals surface area (Å²) in [5, 5.41) is 8.77. The number of nitrogens with two attached hydrogens (primary N) is 1. The van der Waals surface area contributed by atoms with Crippen molar-refractivity contribution in [1.29, 1.82) is 0 Å². The smallest absolute Gasteiger partial charge is 0.0883 e. The highest BCUT2D eigenvalue weighted by molar-refractivity contribution is 5.10. The van der Waals surface area contributed by atoms with Crippen LogP contribution in [0.4, 0.5) is 0 Å². The van der Waals surface area contributed by atoms with E-state index in [1.165, 1.54) is 0 Å². The van der Waals surface area contributed by atoms with E-state index < -0.39 is 0 Å². The first-order valence-electron chi connectivity index (χ1n) is 8.56. The summed E-state index contributed by atoms with van der Waals surface area (Å²) in [5.74, 6) is 0.645.